The summed E-state index contributed by atoms with van der Waals surface area (Å²) in [5.41, 5.74) is 0.504. The molecule has 174 valence electrons. The van der Waals surface area contributed by atoms with Crippen LogP contribution in [-0.4, -0.2) is 35.7 Å². The average molecular weight is 475 g/mol. The topological polar surface area (TPSA) is 103 Å². The molecule has 33 heavy (non-hydrogen) atoms. The molecule has 8 nitrogen and oxygen atoms in total. The molecule has 0 saturated heterocycles. The van der Waals surface area contributed by atoms with Crippen molar-refractivity contribution >= 4 is 21.6 Å². The molecule has 3 aromatic carbocycles. The second-order valence-corrected chi connectivity index (χ2v) is 8.60. The van der Waals surface area contributed by atoms with E-state index in [4.69, 9.17) is 14.2 Å². The Morgan fingerprint density at radius 3 is 2.18 bits per heavy atom. The standard InChI is InChI=1S/C23H23FN2O6S/c1-30-16-6-4-15(5-7-16)14-25-33(28,29)18-9-10-20(24)19(13-18)23(27)26-21-12-17(31-2)8-11-22(21)32-3/h4-13,25H,14H2,1-3H3,(H,26,27). The number of carbonyl (C=O) groups is 1. The zero-order valence-electron chi connectivity index (χ0n) is 18.2. The number of hydrogen-bond acceptors (Lipinski definition) is 6. The molecule has 1 amide bonds. The predicted octanol–water partition coefficient (Wildman–Crippen LogP) is 3.58. The highest BCUT2D eigenvalue weighted by atomic mass is 32.2. The number of halogens is 1. The third-order valence-corrected chi connectivity index (χ3v) is 6.17. The Labute approximate surface area is 191 Å². The molecule has 0 aliphatic heterocycles. The van der Waals surface area contributed by atoms with Gasteiger partial charge in [0.25, 0.3) is 5.91 Å². The zero-order chi connectivity index (χ0) is 24.0. The van der Waals surface area contributed by atoms with Crippen LogP contribution in [0, 0.1) is 5.82 Å². The van der Waals surface area contributed by atoms with Crippen LogP contribution in [-0.2, 0) is 16.6 Å². The van der Waals surface area contributed by atoms with E-state index >= 15 is 0 Å². The summed E-state index contributed by atoms with van der Waals surface area (Å²) < 4.78 is 57.7. The van der Waals surface area contributed by atoms with Crippen molar-refractivity contribution in [1.82, 2.24) is 4.72 Å². The third-order valence-electron chi connectivity index (χ3n) is 4.77. The van der Waals surface area contributed by atoms with Crippen molar-refractivity contribution in [1.29, 1.82) is 0 Å². The van der Waals surface area contributed by atoms with Gasteiger partial charge in [-0.05, 0) is 48.0 Å². The number of nitrogens with one attached hydrogen (secondary N) is 2. The summed E-state index contributed by atoms with van der Waals surface area (Å²) in [6.07, 6.45) is 0. The lowest BCUT2D eigenvalue weighted by atomic mass is 10.2. The van der Waals surface area contributed by atoms with Gasteiger partial charge >= 0.3 is 0 Å². The van der Waals surface area contributed by atoms with Crippen LogP contribution in [0.2, 0.25) is 0 Å². The molecule has 0 unspecified atom stereocenters. The van der Waals surface area contributed by atoms with E-state index in [1.54, 1.807) is 36.4 Å². The quantitative estimate of drug-likeness (QED) is 0.491. The maximum atomic E-state index is 14.4. The normalized spacial score (nSPS) is 11.0. The molecule has 0 atom stereocenters. The van der Waals surface area contributed by atoms with Crippen molar-refractivity contribution in [2.24, 2.45) is 0 Å². The maximum Gasteiger partial charge on any atom is 0.258 e. The van der Waals surface area contributed by atoms with Crippen LogP contribution in [0.15, 0.2) is 65.6 Å². The molecule has 3 aromatic rings. The van der Waals surface area contributed by atoms with Gasteiger partial charge in [-0.25, -0.2) is 17.5 Å². The van der Waals surface area contributed by atoms with Crippen molar-refractivity contribution in [3.8, 4) is 17.2 Å². The van der Waals surface area contributed by atoms with Gasteiger partial charge in [0.2, 0.25) is 10.0 Å². The van der Waals surface area contributed by atoms with E-state index in [0.29, 0.717) is 22.8 Å². The lowest BCUT2D eigenvalue weighted by Crippen LogP contribution is -2.24. The van der Waals surface area contributed by atoms with Crippen molar-refractivity contribution in [3.63, 3.8) is 0 Å². The Balaban J connectivity index is 1.81. The Bertz CT molecular complexity index is 1250. The molecule has 0 heterocycles. The molecular weight excluding hydrogens is 451 g/mol. The fourth-order valence-electron chi connectivity index (χ4n) is 2.95. The Morgan fingerprint density at radius 1 is 0.879 bits per heavy atom. The van der Waals surface area contributed by atoms with Crippen LogP contribution >= 0.6 is 0 Å². The van der Waals surface area contributed by atoms with E-state index in [1.165, 1.54) is 27.4 Å². The van der Waals surface area contributed by atoms with Crippen molar-refractivity contribution < 1.29 is 31.8 Å². The molecule has 2 N–H and O–H groups in total. The summed E-state index contributed by atoms with van der Waals surface area (Å²) in [6.45, 7) is 0.00619. The summed E-state index contributed by atoms with van der Waals surface area (Å²) >= 11 is 0. The fraction of sp³-hybridized carbons (Fsp3) is 0.174. The molecule has 0 aromatic heterocycles. The molecule has 3 rings (SSSR count). The van der Waals surface area contributed by atoms with Gasteiger partial charge in [0.1, 0.15) is 23.1 Å². The van der Waals surface area contributed by atoms with E-state index in [2.05, 4.69) is 10.0 Å². The second kappa shape index (κ2) is 10.3. The Hall–Kier alpha value is -3.63. The highest BCUT2D eigenvalue weighted by Crippen LogP contribution is 2.29. The average Bonchev–Trinajstić information content (AvgIpc) is 2.83. The highest BCUT2D eigenvalue weighted by molar-refractivity contribution is 7.89. The molecule has 0 radical (unpaired) electrons. The molecule has 10 heteroatoms. The van der Waals surface area contributed by atoms with Gasteiger partial charge in [0, 0.05) is 12.6 Å². The Kier molecular flexibility index (Phi) is 7.52. The number of sulfonamides is 1. The molecule has 0 aliphatic rings. The first-order valence-electron chi connectivity index (χ1n) is 9.73. The van der Waals surface area contributed by atoms with Crippen LogP contribution in [0.4, 0.5) is 10.1 Å². The largest absolute Gasteiger partial charge is 0.497 e. The summed E-state index contributed by atoms with van der Waals surface area (Å²) in [5, 5.41) is 2.53. The number of amides is 1. The van der Waals surface area contributed by atoms with E-state index in [0.717, 1.165) is 18.2 Å². The first-order chi connectivity index (χ1) is 15.8. The van der Waals surface area contributed by atoms with Gasteiger partial charge in [-0.15, -0.1) is 0 Å². The third kappa shape index (κ3) is 5.79. The van der Waals surface area contributed by atoms with Gasteiger partial charge in [-0.3, -0.25) is 4.79 Å². The van der Waals surface area contributed by atoms with Crippen LogP contribution in [0.5, 0.6) is 17.2 Å². The summed E-state index contributed by atoms with van der Waals surface area (Å²) in [6, 6.07) is 14.6. The van der Waals surface area contributed by atoms with Gasteiger partial charge < -0.3 is 19.5 Å². The van der Waals surface area contributed by atoms with Crippen LogP contribution in [0.3, 0.4) is 0 Å². The smallest absolute Gasteiger partial charge is 0.258 e. The number of carbonyl (C=O) groups excluding carboxylic acids is 1. The van der Waals surface area contributed by atoms with Crippen molar-refractivity contribution in [3.05, 3.63) is 77.6 Å². The molecule has 0 bridgehead atoms. The second-order valence-electron chi connectivity index (χ2n) is 6.83. The van der Waals surface area contributed by atoms with Crippen molar-refractivity contribution in [2.45, 2.75) is 11.4 Å². The molecule has 0 spiro atoms. The number of methoxy groups -OCH3 is 3. The minimum absolute atomic E-state index is 0.00619. The minimum atomic E-state index is -4.02. The number of benzene rings is 3. The predicted molar refractivity (Wildman–Crippen MR) is 121 cm³/mol. The van der Waals surface area contributed by atoms with E-state index < -0.39 is 27.3 Å². The molecular formula is C23H23FN2O6S. The van der Waals surface area contributed by atoms with Gasteiger partial charge in [0.15, 0.2) is 0 Å². The molecule has 0 fully saturated rings. The summed E-state index contributed by atoms with van der Waals surface area (Å²) in [4.78, 5) is 12.5. The van der Waals surface area contributed by atoms with E-state index in [9.17, 15) is 17.6 Å². The van der Waals surface area contributed by atoms with Gasteiger partial charge in [-0.2, -0.15) is 0 Å². The SMILES string of the molecule is COc1ccc(CNS(=O)(=O)c2ccc(F)c(C(=O)Nc3cc(OC)ccc3OC)c2)cc1. The summed E-state index contributed by atoms with van der Waals surface area (Å²) in [5.74, 6) is -0.293. The number of hydrogen-bond donors (Lipinski definition) is 2. The molecule has 0 saturated carbocycles. The first-order valence-corrected chi connectivity index (χ1v) is 11.2. The van der Waals surface area contributed by atoms with Gasteiger partial charge in [0.05, 0.1) is 37.5 Å². The first kappa shape index (κ1) is 24.0. The highest BCUT2D eigenvalue weighted by Gasteiger charge is 2.20. The monoisotopic (exact) mass is 474 g/mol. The Morgan fingerprint density at radius 2 is 1.55 bits per heavy atom. The minimum Gasteiger partial charge on any atom is -0.497 e. The number of anilines is 1. The van der Waals surface area contributed by atoms with Crippen LogP contribution in [0.1, 0.15) is 15.9 Å². The molecule has 0 aliphatic carbocycles. The zero-order valence-corrected chi connectivity index (χ0v) is 19.0. The van der Waals surface area contributed by atoms with Crippen LogP contribution < -0.4 is 24.2 Å². The van der Waals surface area contributed by atoms with E-state index in [-0.39, 0.29) is 17.1 Å². The van der Waals surface area contributed by atoms with E-state index in [1.807, 2.05) is 0 Å². The lowest BCUT2D eigenvalue weighted by Gasteiger charge is -2.13. The number of rotatable bonds is 9. The summed E-state index contributed by atoms with van der Waals surface area (Å²) in [7, 11) is 0.391. The fourth-order valence-corrected chi connectivity index (χ4v) is 4.00. The van der Waals surface area contributed by atoms with Gasteiger partial charge in [-0.1, -0.05) is 12.1 Å². The van der Waals surface area contributed by atoms with Crippen LogP contribution in [0.25, 0.3) is 0 Å². The lowest BCUT2D eigenvalue weighted by molar-refractivity contribution is 0.102. The van der Waals surface area contributed by atoms with Crippen molar-refractivity contribution in [2.75, 3.05) is 26.6 Å². The number of ether oxygens (including phenoxy) is 3. The maximum absolute atomic E-state index is 14.4.